The molecule has 0 atom stereocenters. The van der Waals surface area contributed by atoms with Gasteiger partial charge in [-0.25, -0.2) is 0 Å². The molecule has 2 amide bonds. The molecule has 0 unspecified atom stereocenters. The van der Waals surface area contributed by atoms with Gasteiger partial charge in [0.2, 0.25) is 0 Å². The maximum Gasteiger partial charge on any atom is 0.291 e. The van der Waals surface area contributed by atoms with Gasteiger partial charge < -0.3 is 15.1 Å². The van der Waals surface area contributed by atoms with E-state index >= 15 is 0 Å². The number of benzene rings is 1. The second-order valence-electron chi connectivity index (χ2n) is 5.43. The molecule has 0 saturated heterocycles. The Hall–Kier alpha value is -3.45. The van der Waals surface area contributed by atoms with Gasteiger partial charge in [0.25, 0.3) is 11.8 Å². The molecule has 0 aliphatic heterocycles. The molecular weight excluding hydrogens is 350 g/mol. The molecule has 1 aromatic carbocycles. The number of nitrogens with one attached hydrogen (secondary N) is 2. The molecule has 6 nitrogen and oxygen atoms in total. The number of fused-ring (bicyclic) bond motifs is 1. The van der Waals surface area contributed by atoms with Crippen LogP contribution in [-0.2, 0) is 0 Å². The van der Waals surface area contributed by atoms with Crippen LogP contribution in [0, 0.1) is 0 Å². The Labute approximate surface area is 152 Å². The summed E-state index contributed by atoms with van der Waals surface area (Å²) in [6.45, 7) is 0. The lowest BCUT2D eigenvalue weighted by molar-refractivity contribution is 0.0995. The number of rotatable bonds is 4. The number of amides is 2. The van der Waals surface area contributed by atoms with Crippen molar-refractivity contribution in [2.75, 3.05) is 10.6 Å². The Kier molecular flexibility index (Phi) is 4.20. The van der Waals surface area contributed by atoms with Gasteiger partial charge in [0, 0.05) is 11.6 Å². The average Bonchev–Trinajstić information content (AvgIpc) is 3.34. The molecule has 0 aliphatic carbocycles. The van der Waals surface area contributed by atoms with Gasteiger partial charge in [0.05, 0.1) is 27.3 Å². The first kappa shape index (κ1) is 16.0. The van der Waals surface area contributed by atoms with E-state index in [4.69, 9.17) is 4.42 Å². The fraction of sp³-hybridized carbons (Fsp3) is 0. The number of nitrogens with zero attached hydrogens (tertiary/aromatic N) is 1. The van der Waals surface area contributed by atoms with Crippen molar-refractivity contribution in [3.05, 3.63) is 77.7 Å². The molecule has 4 rings (SSSR count). The summed E-state index contributed by atoms with van der Waals surface area (Å²) in [6, 6.07) is 15.9. The van der Waals surface area contributed by atoms with Crippen LogP contribution in [-0.4, -0.2) is 16.8 Å². The zero-order valence-corrected chi connectivity index (χ0v) is 14.2. The van der Waals surface area contributed by atoms with Crippen LogP contribution in [0.5, 0.6) is 0 Å². The number of pyridine rings is 1. The number of hydrogen-bond acceptors (Lipinski definition) is 5. The van der Waals surface area contributed by atoms with Crippen molar-refractivity contribution in [2.24, 2.45) is 0 Å². The van der Waals surface area contributed by atoms with Crippen molar-refractivity contribution in [3.63, 3.8) is 0 Å². The highest BCUT2D eigenvalue weighted by Gasteiger charge is 2.14. The predicted octanol–water partition coefficient (Wildman–Crippen LogP) is 4.39. The lowest BCUT2D eigenvalue weighted by Crippen LogP contribution is -2.11. The molecule has 3 aromatic heterocycles. The highest BCUT2D eigenvalue weighted by Crippen LogP contribution is 2.26. The maximum absolute atomic E-state index is 12.5. The number of furan rings is 1. The monoisotopic (exact) mass is 363 g/mol. The molecule has 2 N–H and O–H groups in total. The van der Waals surface area contributed by atoms with Gasteiger partial charge >= 0.3 is 0 Å². The molecular formula is C19H13N3O3S. The summed E-state index contributed by atoms with van der Waals surface area (Å²) in [7, 11) is 0. The summed E-state index contributed by atoms with van der Waals surface area (Å²) in [5, 5.41) is 7.04. The Morgan fingerprint density at radius 2 is 1.85 bits per heavy atom. The van der Waals surface area contributed by atoms with E-state index in [1.807, 2.05) is 30.3 Å². The maximum atomic E-state index is 12.5. The molecule has 4 aromatic rings. The lowest BCUT2D eigenvalue weighted by Gasteiger charge is -2.07. The second-order valence-corrected chi connectivity index (χ2v) is 6.51. The number of anilines is 2. The van der Waals surface area contributed by atoms with E-state index in [1.54, 1.807) is 30.5 Å². The molecule has 3 heterocycles. The molecule has 0 radical (unpaired) electrons. The number of thiophene rings is 1. The first-order valence-corrected chi connectivity index (χ1v) is 8.62. The number of carbonyl (C=O) groups excluding carboxylic acids is 2. The first-order valence-electron chi connectivity index (χ1n) is 7.80. The van der Waals surface area contributed by atoms with Gasteiger partial charge in [-0.2, -0.15) is 0 Å². The Bertz CT molecular complexity index is 1080. The molecule has 0 bridgehead atoms. The predicted molar refractivity (Wildman–Crippen MR) is 101 cm³/mol. The third-order valence-corrected chi connectivity index (χ3v) is 4.70. The molecule has 128 valence electrons. The molecule has 7 heteroatoms. The van der Waals surface area contributed by atoms with Gasteiger partial charge in [0.15, 0.2) is 5.76 Å². The van der Waals surface area contributed by atoms with Crippen LogP contribution in [0.1, 0.15) is 20.2 Å². The van der Waals surface area contributed by atoms with Crippen LogP contribution < -0.4 is 10.6 Å². The van der Waals surface area contributed by atoms with Gasteiger partial charge in [-0.05, 0) is 48.5 Å². The SMILES string of the molecule is O=C(Nc1ccc(C(=O)Nc2cccc3ncccc23)s1)c1ccco1. The van der Waals surface area contributed by atoms with E-state index in [9.17, 15) is 9.59 Å². The standard InChI is InChI=1S/C19H13N3O3S/c23-18(15-7-3-11-25-15)22-17-9-8-16(26-17)19(24)21-14-6-1-5-13-12(14)4-2-10-20-13/h1-11H,(H,21,24)(H,22,23). The van der Waals surface area contributed by atoms with Crippen molar-refractivity contribution >= 4 is 44.7 Å². The molecule has 26 heavy (non-hydrogen) atoms. The van der Waals surface area contributed by atoms with Gasteiger partial charge in [-0.3, -0.25) is 14.6 Å². The largest absolute Gasteiger partial charge is 0.459 e. The summed E-state index contributed by atoms with van der Waals surface area (Å²) in [4.78, 5) is 29.3. The van der Waals surface area contributed by atoms with Crippen molar-refractivity contribution in [1.82, 2.24) is 4.98 Å². The zero-order valence-electron chi connectivity index (χ0n) is 13.4. The summed E-state index contributed by atoms with van der Waals surface area (Å²) >= 11 is 1.19. The summed E-state index contributed by atoms with van der Waals surface area (Å²) < 4.78 is 5.05. The number of hydrogen-bond donors (Lipinski definition) is 2. The number of aromatic nitrogens is 1. The van der Waals surface area contributed by atoms with Crippen LogP contribution >= 0.6 is 11.3 Å². The van der Waals surface area contributed by atoms with Crippen LogP contribution in [0.4, 0.5) is 10.7 Å². The van der Waals surface area contributed by atoms with Crippen molar-refractivity contribution in [1.29, 1.82) is 0 Å². The average molecular weight is 363 g/mol. The van der Waals surface area contributed by atoms with E-state index in [0.717, 1.165) is 10.9 Å². The fourth-order valence-corrected chi connectivity index (χ4v) is 3.30. The Balaban J connectivity index is 1.50. The second kappa shape index (κ2) is 6.81. The molecule has 0 spiro atoms. The third kappa shape index (κ3) is 3.20. The van der Waals surface area contributed by atoms with Crippen molar-refractivity contribution in [2.45, 2.75) is 0 Å². The Morgan fingerprint density at radius 1 is 0.923 bits per heavy atom. The Morgan fingerprint density at radius 3 is 2.69 bits per heavy atom. The smallest absolute Gasteiger partial charge is 0.291 e. The van der Waals surface area contributed by atoms with E-state index in [0.29, 0.717) is 15.6 Å². The minimum absolute atomic E-state index is 0.215. The van der Waals surface area contributed by atoms with E-state index < -0.39 is 0 Å². The van der Waals surface area contributed by atoms with Crippen LogP contribution in [0.15, 0.2) is 71.5 Å². The van der Waals surface area contributed by atoms with Crippen LogP contribution in [0.2, 0.25) is 0 Å². The van der Waals surface area contributed by atoms with E-state index in [-0.39, 0.29) is 17.6 Å². The minimum Gasteiger partial charge on any atom is -0.459 e. The van der Waals surface area contributed by atoms with Gasteiger partial charge in [-0.1, -0.05) is 6.07 Å². The summed E-state index contributed by atoms with van der Waals surface area (Å²) in [5.41, 5.74) is 1.50. The third-order valence-electron chi connectivity index (χ3n) is 3.71. The first-order chi connectivity index (χ1) is 12.7. The molecule has 0 fully saturated rings. The minimum atomic E-state index is -0.357. The van der Waals surface area contributed by atoms with Crippen molar-refractivity contribution < 1.29 is 14.0 Å². The van der Waals surface area contributed by atoms with Gasteiger partial charge in [0.1, 0.15) is 0 Å². The lowest BCUT2D eigenvalue weighted by atomic mass is 10.2. The highest BCUT2D eigenvalue weighted by molar-refractivity contribution is 7.18. The normalized spacial score (nSPS) is 10.6. The summed E-state index contributed by atoms with van der Waals surface area (Å²) in [6.07, 6.45) is 3.14. The van der Waals surface area contributed by atoms with Crippen LogP contribution in [0.25, 0.3) is 10.9 Å². The fourth-order valence-electron chi connectivity index (χ4n) is 2.50. The van der Waals surface area contributed by atoms with Gasteiger partial charge in [-0.15, -0.1) is 11.3 Å². The van der Waals surface area contributed by atoms with E-state index in [1.165, 1.54) is 17.6 Å². The van der Waals surface area contributed by atoms with Crippen molar-refractivity contribution in [3.8, 4) is 0 Å². The molecule has 0 saturated carbocycles. The quantitative estimate of drug-likeness (QED) is 0.563. The zero-order chi connectivity index (χ0) is 17.9. The molecule has 0 aliphatic rings. The van der Waals surface area contributed by atoms with Crippen LogP contribution in [0.3, 0.4) is 0 Å². The summed E-state index contributed by atoms with van der Waals surface area (Å²) in [5.74, 6) is -0.388. The highest BCUT2D eigenvalue weighted by atomic mass is 32.1. The topological polar surface area (TPSA) is 84.2 Å². The number of carbonyl (C=O) groups is 2. The van der Waals surface area contributed by atoms with E-state index in [2.05, 4.69) is 15.6 Å².